The van der Waals surface area contributed by atoms with Crippen LogP contribution in [-0.2, 0) is 4.79 Å². The van der Waals surface area contributed by atoms with Gasteiger partial charge in [0.25, 0.3) is 5.91 Å². The first-order valence-electron chi connectivity index (χ1n) is 10.4. The van der Waals surface area contributed by atoms with Crippen LogP contribution in [0.3, 0.4) is 0 Å². The Labute approximate surface area is 166 Å². The number of hydrogen-bond acceptors (Lipinski definition) is 3. The zero-order valence-corrected chi connectivity index (χ0v) is 17.3. The van der Waals surface area contributed by atoms with Gasteiger partial charge in [0.2, 0.25) is 5.91 Å². The molecule has 0 N–H and O–H groups in total. The quantitative estimate of drug-likeness (QED) is 0.798. The van der Waals surface area contributed by atoms with Crippen molar-refractivity contribution in [1.29, 1.82) is 0 Å². The van der Waals surface area contributed by atoms with Gasteiger partial charge in [0.05, 0.1) is 6.04 Å². The van der Waals surface area contributed by atoms with Gasteiger partial charge in [-0.25, -0.2) is 0 Å². The van der Waals surface area contributed by atoms with Gasteiger partial charge in [0.15, 0.2) is 5.76 Å². The van der Waals surface area contributed by atoms with Gasteiger partial charge < -0.3 is 14.2 Å². The van der Waals surface area contributed by atoms with E-state index in [4.69, 9.17) is 4.42 Å². The number of rotatable bonds is 4. The Morgan fingerprint density at radius 3 is 2.68 bits per heavy atom. The zero-order chi connectivity index (χ0) is 20.0. The Hall–Kier alpha value is -2.30. The first-order valence-corrected chi connectivity index (χ1v) is 10.4. The molecule has 4 rings (SSSR count). The maximum absolute atomic E-state index is 13.3. The lowest BCUT2D eigenvalue weighted by molar-refractivity contribution is -0.133. The van der Waals surface area contributed by atoms with Gasteiger partial charge in [-0.05, 0) is 50.7 Å². The molecule has 2 aromatic rings. The van der Waals surface area contributed by atoms with E-state index in [2.05, 4.69) is 19.9 Å². The van der Waals surface area contributed by atoms with E-state index in [9.17, 15) is 9.59 Å². The molecule has 2 aliphatic rings. The van der Waals surface area contributed by atoms with Gasteiger partial charge in [-0.1, -0.05) is 25.5 Å². The fourth-order valence-electron chi connectivity index (χ4n) is 4.23. The number of carbonyl (C=O) groups excluding carboxylic acids is 2. The summed E-state index contributed by atoms with van der Waals surface area (Å²) < 4.78 is 5.94. The molecule has 0 bridgehead atoms. The summed E-state index contributed by atoms with van der Waals surface area (Å²) in [5.74, 6) is 1.44. The van der Waals surface area contributed by atoms with Crippen molar-refractivity contribution in [2.24, 2.45) is 11.8 Å². The van der Waals surface area contributed by atoms with Gasteiger partial charge in [0, 0.05) is 37.0 Å². The van der Waals surface area contributed by atoms with Crippen LogP contribution in [0.4, 0.5) is 0 Å². The Morgan fingerprint density at radius 1 is 1.25 bits per heavy atom. The predicted octanol–water partition coefficient (Wildman–Crippen LogP) is 4.16. The molecule has 0 unspecified atom stereocenters. The van der Waals surface area contributed by atoms with Crippen molar-refractivity contribution in [3.8, 4) is 0 Å². The number of nitrogens with zero attached hydrogens (tertiary/aromatic N) is 2. The molecule has 1 aliphatic heterocycles. The van der Waals surface area contributed by atoms with Crippen molar-refractivity contribution >= 4 is 22.8 Å². The molecular formula is C23H30N2O3. The maximum Gasteiger partial charge on any atom is 0.289 e. The van der Waals surface area contributed by atoms with Crippen molar-refractivity contribution < 1.29 is 14.0 Å². The van der Waals surface area contributed by atoms with Gasteiger partial charge in [0.1, 0.15) is 5.58 Å². The number of amides is 2. The highest BCUT2D eigenvalue weighted by Crippen LogP contribution is 2.33. The Bertz CT molecular complexity index is 910. The molecule has 2 fully saturated rings. The van der Waals surface area contributed by atoms with Gasteiger partial charge >= 0.3 is 0 Å². The largest absolute Gasteiger partial charge is 0.451 e. The van der Waals surface area contributed by atoms with E-state index in [1.165, 1.54) is 12.8 Å². The number of carbonyl (C=O) groups is 2. The van der Waals surface area contributed by atoms with Crippen molar-refractivity contribution in [2.45, 2.75) is 53.0 Å². The Morgan fingerprint density at radius 2 is 2.00 bits per heavy atom. The van der Waals surface area contributed by atoms with Gasteiger partial charge in [-0.3, -0.25) is 9.59 Å². The fraction of sp³-hybridized carbons (Fsp3) is 0.565. The molecule has 0 spiro atoms. The highest BCUT2D eigenvalue weighted by atomic mass is 16.3. The second-order valence-electron chi connectivity index (χ2n) is 8.86. The second-order valence-corrected chi connectivity index (χ2v) is 8.86. The summed E-state index contributed by atoms with van der Waals surface area (Å²) in [7, 11) is 0. The van der Waals surface area contributed by atoms with Crippen LogP contribution in [0.2, 0.25) is 0 Å². The highest BCUT2D eigenvalue weighted by molar-refractivity contribution is 5.99. The minimum atomic E-state index is -0.0990. The lowest BCUT2D eigenvalue weighted by Gasteiger charge is -2.34. The highest BCUT2D eigenvalue weighted by Gasteiger charge is 2.37. The minimum Gasteiger partial charge on any atom is -0.451 e. The molecule has 150 valence electrons. The van der Waals surface area contributed by atoms with Crippen LogP contribution < -0.4 is 0 Å². The third kappa shape index (κ3) is 3.54. The first-order chi connectivity index (χ1) is 13.3. The van der Waals surface area contributed by atoms with Crippen molar-refractivity contribution in [3.05, 3.63) is 35.1 Å². The molecule has 2 amide bonds. The second kappa shape index (κ2) is 7.26. The average Bonchev–Trinajstić information content (AvgIpc) is 3.44. The zero-order valence-electron chi connectivity index (χ0n) is 17.3. The summed E-state index contributed by atoms with van der Waals surface area (Å²) in [5, 5.41) is 0.991. The van der Waals surface area contributed by atoms with Crippen molar-refractivity contribution in [3.63, 3.8) is 0 Å². The standard InChI is InChI=1S/C23H30N2O3/c1-14(2)19-13-24(10-9-21(26)25(19)12-17-6-7-17)23(27)22-16(4)18-11-15(3)5-8-20(18)28-22/h5,8,11,14,17,19H,6-7,9-10,12-13H2,1-4H3/t19-/m0/s1. The lowest BCUT2D eigenvalue weighted by Crippen LogP contribution is -2.48. The number of furan rings is 1. The molecule has 1 aromatic heterocycles. The third-order valence-corrected chi connectivity index (χ3v) is 6.22. The first kappa shape index (κ1) is 19.0. The normalized spacial score (nSPS) is 20.9. The number of fused-ring (bicyclic) bond motifs is 1. The molecule has 5 nitrogen and oxygen atoms in total. The van der Waals surface area contributed by atoms with Crippen LogP contribution in [0.5, 0.6) is 0 Å². The van der Waals surface area contributed by atoms with Crippen LogP contribution in [0.15, 0.2) is 22.6 Å². The Kier molecular flexibility index (Phi) is 4.94. The molecule has 1 saturated heterocycles. The van der Waals surface area contributed by atoms with Crippen LogP contribution in [0, 0.1) is 25.7 Å². The summed E-state index contributed by atoms with van der Waals surface area (Å²) in [6.45, 7) is 10.1. The molecule has 1 aromatic carbocycles. The summed E-state index contributed by atoms with van der Waals surface area (Å²) in [5.41, 5.74) is 2.77. The molecule has 0 radical (unpaired) electrons. The number of benzene rings is 1. The monoisotopic (exact) mass is 382 g/mol. The van der Waals surface area contributed by atoms with Crippen molar-refractivity contribution in [2.75, 3.05) is 19.6 Å². The van der Waals surface area contributed by atoms with Gasteiger partial charge in [-0.15, -0.1) is 0 Å². The van der Waals surface area contributed by atoms with E-state index in [0.29, 0.717) is 37.1 Å². The van der Waals surface area contributed by atoms with E-state index >= 15 is 0 Å². The summed E-state index contributed by atoms with van der Waals surface area (Å²) in [6, 6.07) is 6.04. The van der Waals surface area contributed by atoms with Crippen molar-refractivity contribution in [1.82, 2.24) is 9.80 Å². The number of hydrogen-bond donors (Lipinski definition) is 0. The van der Waals surface area contributed by atoms with E-state index < -0.39 is 0 Å². The third-order valence-electron chi connectivity index (χ3n) is 6.22. The van der Waals surface area contributed by atoms with Crippen LogP contribution in [-0.4, -0.2) is 47.3 Å². The fourth-order valence-corrected chi connectivity index (χ4v) is 4.23. The van der Waals surface area contributed by atoms with Gasteiger partial charge in [-0.2, -0.15) is 0 Å². The summed E-state index contributed by atoms with van der Waals surface area (Å²) >= 11 is 0. The number of aryl methyl sites for hydroxylation is 2. The molecule has 5 heteroatoms. The topological polar surface area (TPSA) is 53.8 Å². The molecule has 28 heavy (non-hydrogen) atoms. The molecule has 1 aliphatic carbocycles. The average molecular weight is 383 g/mol. The minimum absolute atomic E-state index is 0.0616. The Balaban J connectivity index is 1.62. The van der Waals surface area contributed by atoms with E-state index in [0.717, 1.165) is 28.6 Å². The summed E-state index contributed by atoms with van der Waals surface area (Å²) in [4.78, 5) is 30.0. The molecule has 2 heterocycles. The molecule has 1 atom stereocenters. The van der Waals surface area contributed by atoms with Crippen LogP contribution in [0.25, 0.3) is 11.0 Å². The molecular weight excluding hydrogens is 352 g/mol. The predicted molar refractivity (Wildman–Crippen MR) is 109 cm³/mol. The SMILES string of the molecule is Cc1ccc2oc(C(=O)N3CCC(=O)N(CC4CC4)[C@H](C(C)C)C3)c(C)c2c1. The maximum atomic E-state index is 13.3. The van der Waals surface area contributed by atoms with E-state index in [1.54, 1.807) is 0 Å². The van der Waals surface area contributed by atoms with Crippen LogP contribution in [0.1, 0.15) is 54.8 Å². The van der Waals surface area contributed by atoms with E-state index in [-0.39, 0.29) is 17.9 Å². The summed E-state index contributed by atoms with van der Waals surface area (Å²) in [6.07, 6.45) is 2.82. The van der Waals surface area contributed by atoms with E-state index in [1.807, 2.05) is 35.8 Å². The van der Waals surface area contributed by atoms with Crippen LogP contribution >= 0.6 is 0 Å². The lowest BCUT2D eigenvalue weighted by atomic mass is 10.0. The molecule has 1 saturated carbocycles. The smallest absolute Gasteiger partial charge is 0.289 e.